The van der Waals surface area contributed by atoms with Crippen LogP contribution >= 0.6 is 15.9 Å². The van der Waals surface area contributed by atoms with Gasteiger partial charge in [-0.2, -0.15) is 5.10 Å². The van der Waals surface area contributed by atoms with E-state index in [1.54, 1.807) is 12.4 Å². The van der Waals surface area contributed by atoms with E-state index >= 15 is 0 Å². The minimum atomic E-state index is 0.835. The van der Waals surface area contributed by atoms with Gasteiger partial charge in [-0.15, -0.1) is 0 Å². The highest BCUT2D eigenvalue weighted by Gasteiger charge is 2.07. The van der Waals surface area contributed by atoms with E-state index in [1.807, 2.05) is 25.1 Å². The molecule has 0 fully saturated rings. The summed E-state index contributed by atoms with van der Waals surface area (Å²) < 4.78 is 1.00. The molecule has 0 aliphatic heterocycles. The molecule has 17 heavy (non-hydrogen) atoms. The van der Waals surface area contributed by atoms with Gasteiger partial charge in [-0.05, 0) is 25.1 Å². The van der Waals surface area contributed by atoms with Crippen LogP contribution in [0, 0.1) is 6.92 Å². The van der Waals surface area contributed by atoms with Gasteiger partial charge in [-0.25, -0.2) is 4.98 Å². The molecule has 0 saturated carbocycles. The molecule has 3 aromatic rings. The highest BCUT2D eigenvalue weighted by Crippen LogP contribution is 2.22. The first-order chi connectivity index (χ1) is 8.24. The van der Waals surface area contributed by atoms with Crippen molar-refractivity contribution >= 4 is 27.0 Å². The third-order valence-electron chi connectivity index (χ3n) is 2.61. The molecule has 0 bridgehead atoms. The zero-order valence-corrected chi connectivity index (χ0v) is 10.7. The van der Waals surface area contributed by atoms with Gasteiger partial charge in [0.05, 0.1) is 29.1 Å². The van der Waals surface area contributed by atoms with Gasteiger partial charge in [0.1, 0.15) is 0 Å². The molecule has 2 heterocycles. The van der Waals surface area contributed by atoms with Crippen LogP contribution in [-0.2, 0) is 0 Å². The number of rotatable bonds is 1. The highest BCUT2D eigenvalue weighted by molar-refractivity contribution is 9.10. The normalized spacial score (nSPS) is 10.9. The van der Waals surface area contributed by atoms with Crippen LogP contribution in [-0.4, -0.2) is 20.2 Å². The molecule has 0 spiro atoms. The number of hydrogen-bond acceptors (Lipinski definition) is 3. The molecule has 0 aliphatic carbocycles. The number of aromatic nitrogens is 4. The van der Waals surface area contributed by atoms with Crippen molar-refractivity contribution in [3.63, 3.8) is 0 Å². The highest BCUT2D eigenvalue weighted by atomic mass is 79.9. The number of benzene rings is 1. The Bertz CT molecular complexity index is 690. The van der Waals surface area contributed by atoms with Gasteiger partial charge >= 0.3 is 0 Å². The first kappa shape index (κ1) is 10.4. The van der Waals surface area contributed by atoms with Gasteiger partial charge in [0.2, 0.25) is 0 Å². The Kier molecular flexibility index (Phi) is 2.40. The van der Waals surface area contributed by atoms with E-state index in [4.69, 9.17) is 0 Å². The van der Waals surface area contributed by atoms with Crippen LogP contribution in [0.25, 0.3) is 22.3 Å². The smallest absolute Gasteiger partial charge is 0.0927 e. The second-order valence-corrected chi connectivity index (χ2v) is 4.71. The molecule has 1 N–H and O–H groups in total. The monoisotopic (exact) mass is 288 g/mol. The Balaban J connectivity index is 2.22. The molecule has 4 nitrogen and oxygen atoms in total. The number of aromatic amines is 1. The maximum atomic E-state index is 4.59. The summed E-state index contributed by atoms with van der Waals surface area (Å²) in [6.45, 7) is 1.97. The molecular weight excluding hydrogens is 280 g/mol. The summed E-state index contributed by atoms with van der Waals surface area (Å²) in [4.78, 5) is 8.98. The maximum absolute atomic E-state index is 4.59. The first-order valence-electron chi connectivity index (χ1n) is 5.17. The number of aryl methyl sites for hydroxylation is 1. The van der Waals surface area contributed by atoms with Gasteiger partial charge in [-0.3, -0.25) is 10.1 Å². The second kappa shape index (κ2) is 3.92. The van der Waals surface area contributed by atoms with Gasteiger partial charge in [0.15, 0.2) is 0 Å². The molecule has 5 heteroatoms. The molecule has 0 atom stereocenters. The van der Waals surface area contributed by atoms with Crippen molar-refractivity contribution in [2.45, 2.75) is 6.92 Å². The molecule has 0 amide bonds. The number of fused-ring (bicyclic) bond motifs is 1. The Morgan fingerprint density at radius 2 is 2.06 bits per heavy atom. The van der Waals surface area contributed by atoms with Crippen LogP contribution in [0.4, 0.5) is 0 Å². The number of nitrogens with zero attached hydrogens (tertiary/aromatic N) is 3. The van der Waals surface area contributed by atoms with E-state index < -0.39 is 0 Å². The predicted molar refractivity (Wildman–Crippen MR) is 69.6 cm³/mol. The average molecular weight is 289 g/mol. The summed E-state index contributed by atoms with van der Waals surface area (Å²) in [7, 11) is 0. The zero-order valence-electron chi connectivity index (χ0n) is 9.11. The van der Waals surface area contributed by atoms with Crippen molar-refractivity contribution in [3.05, 3.63) is 40.8 Å². The lowest BCUT2D eigenvalue weighted by atomic mass is 10.2. The minimum Gasteiger partial charge on any atom is -0.282 e. The van der Waals surface area contributed by atoms with Crippen LogP contribution in [0.5, 0.6) is 0 Å². The van der Waals surface area contributed by atoms with Crippen molar-refractivity contribution in [1.82, 2.24) is 20.2 Å². The van der Waals surface area contributed by atoms with Crippen LogP contribution in [0.2, 0.25) is 0 Å². The Morgan fingerprint density at radius 3 is 2.82 bits per heavy atom. The van der Waals surface area contributed by atoms with Gasteiger partial charge in [0, 0.05) is 15.7 Å². The third-order valence-corrected chi connectivity index (χ3v) is 3.10. The van der Waals surface area contributed by atoms with Crippen molar-refractivity contribution in [2.75, 3.05) is 0 Å². The fourth-order valence-electron chi connectivity index (χ4n) is 1.72. The van der Waals surface area contributed by atoms with Crippen LogP contribution in [0.3, 0.4) is 0 Å². The second-order valence-electron chi connectivity index (χ2n) is 3.80. The largest absolute Gasteiger partial charge is 0.282 e. The lowest BCUT2D eigenvalue weighted by Gasteiger charge is -2.01. The fourth-order valence-corrected chi connectivity index (χ4v) is 2.07. The first-order valence-corrected chi connectivity index (χ1v) is 5.96. The van der Waals surface area contributed by atoms with Crippen molar-refractivity contribution in [1.29, 1.82) is 0 Å². The lowest BCUT2D eigenvalue weighted by Crippen LogP contribution is -1.89. The molecule has 0 radical (unpaired) electrons. The average Bonchev–Trinajstić information content (AvgIpc) is 2.74. The number of hydrogen-bond donors (Lipinski definition) is 1. The summed E-state index contributed by atoms with van der Waals surface area (Å²) in [5.74, 6) is 0. The number of H-pyrrole nitrogens is 1. The molecule has 0 saturated heterocycles. The van der Waals surface area contributed by atoms with Gasteiger partial charge in [0.25, 0.3) is 0 Å². The number of nitrogens with one attached hydrogen (secondary N) is 1. The Hall–Kier alpha value is -1.75. The van der Waals surface area contributed by atoms with E-state index in [1.165, 1.54) is 0 Å². The molecule has 1 aromatic carbocycles. The Labute approximate surface area is 106 Å². The summed E-state index contributed by atoms with van der Waals surface area (Å²) in [6.07, 6.45) is 3.54. The molecule has 0 unspecified atom stereocenters. The van der Waals surface area contributed by atoms with Crippen molar-refractivity contribution in [3.8, 4) is 11.3 Å². The van der Waals surface area contributed by atoms with Gasteiger partial charge < -0.3 is 0 Å². The van der Waals surface area contributed by atoms with E-state index in [0.29, 0.717) is 0 Å². The third kappa shape index (κ3) is 1.82. The fraction of sp³-hybridized carbons (Fsp3) is 0.0833. The molecule has 84 valence electrons. The van der Waals surface area contributed by atoms with Crippen LogP contribution < -0.4 is 0 Å². The lowest BCUT2D eigenvalue weighted by molar-refractivity contribution is 1.05. The topological polar surface area (TPSA) is 54.5 Å². The summed E-state index contributed by atoms with van der Waals surface area (Å²) >= 11 is 3.43. The van der Waals surface area contributed by atoms with Gasteiger partial charge in [-0.1, -0.05) is 15.9 Å². The maximum Gasteiger partial charge on any atom is 0.0927 e. The summed E-state index contributed by atoms with van der Waals surface area (Å²) in [6, 6.07) is 5.86. The Morgan fingerprint density at radius 1 is 1.18 bits per heavy atom. The molecule has 3 rings (SSSR count). The van der Waals surface area contributed by atoms with Crippen LogP contribution in [0.15, 0.2) is 35.1 Å². The van der Waals surface area contributed by atoms with E-state index in [2.05, 4.69) is 36.1 Å². The number of halogens is 1. The quantitative estimate of drug-likeness (QED) is 0.749. The standard InChI is InChI=1S/C12H9BrN4/c1-7-9(5-15-17-7)12-6-14-10-3-2-8(13)4-11(10)16-12/h2-6H,1H3,(H,15,17). The SMILES string of the molecule is Cc1[nH]ncc1-c1cnc2ccc(Br)cc2n1. The van der Waals surface area contributed by atoms with Crippen LogP contribution in [0.1, 0.15) is 5.69 Å². The minimum absolute atomic E-state index is 0.835. The molecule has 2 aromatic heterocycles. The zero-order chi connectivity index (χ0) is 11.8. The molecular formula is C12H9BrN4. The van der Waals surface area contributed by atoms with E-state index in [0.717, 1.165) is 32.5 Å². The van der Waals surface area contributed by atoms with E-state index in [9.17, 15) is 0 Å². The summed E-state index contributed by atoms with van der Waals surface area (Å²) in [5.41, 5.74) is 4.57. The predicted octanol–water partition coefficient (Wildman–Crippen LogP) is 3.09. The van der Waals surface area contributed by atoms with Crippen molar-refractivity contribution in [2.24, 2.45) is 0 Å². The van der Waals surface area contributed by atoms with Crippen molar-refractivity contribution < 1.29 is 0 Å². The summed E-state index contributed by atoms with van der Waals surface area (Å²) in [5, 5.41) is 6.89. The van der Waals surface area contributed by atoms with E-state index in [-0.39, 0.29) is 0 Å². The molecule has 0 aliphatic rings.